The van der Waals surface area contributed by atoms with E-state index in [-0.39, 0.29) is 5.78 Å². The first kappa shape index (κ1) is 10.2. The third-order valence-electron chi connectivity index (χ3n) is 1.95. The van der Waals surface area contributed by atoms with Crippen LogP contribution < -0.4 is 0 Å². The predicted octanol–water partition coefficient (Wildman–Crippen LogP) is 2.56. The summed E-state index contributed by atoms with van der Waals surface area (Å²) in [6.45, 7) is 1.84. The summed E-state index contributed by atoms with van der Waals surface area (Å²) >= 11 is 2.64. The monoisotopic (exact) mass is 237 g/mol. The molecule has 3 nitrogen and oxygen atoms in total. The van der Waals surface area contributed by atoms with Gasteiger partial charge in [-0.2, -0.15) is 0 Å². The molecule has 15 heavy (non-hydrogen) atoms. The van der Waals surface area contributed by atoms with E-state index in [1.165, 1.54) is 22.7 Å². The molecule has 0 fully saturated rings. The lowest BCUT2D eigenvalue weighted by Crippen LogP contribution is -1.98. The van der Waals surface area contributed by atoms with Gasteiger partial charge in [0.1, 0.15) is 0 Å². The van der Waals surface area contributed by atoms with E-state index in [4.69, 9.17) is 0 Å². The fourth-order valence-electron chi connectivity index (χ4n) is 1.25. The Kier molecular flexibility index (Phi) is 2.75. The Morgan fingerprint density at radius 3 is 2.87 bits per heavy atom. The number of ketones is 1. The Bertz CT molecular complexity index is 499. The molecule has 2 rings (SSSR count). The summed E-state index contributed by atoms with van der Waals surface area (Å²) in [6.07, 6.45) is 2.31. The number of hydrogen-bond donors (Lipinski definition) is 0. The average Bonchev–Trinajstić information content (AvgIpc) is 2.85. The van der Waals surface area contributed by atoms with Gasteiger partial charge in [-0.05, 0) is 13.0 Å². The molecule has 0 bridgehead atoms. The largest absolute Gasteiger partial charge is 0.297 e. The van der Waals surface area contributed by atoms with E-state index >= 15 is 0 Å². The Morgan fingerprint density at radius 2 is 2.33 bits per heavy atom. The second kappa shape index (κ2) is 4.04. The van der Waals surface area contributed by atoms with Crippen LogP contribution in [0.15, 0.2) is 17.8 Å². The standard InChI is InChI=1S/C10H7NO2S2/c1-6-8(2-7(4-12)15-6)10(13)9-3-11-5-14-9/h2-5H,1H3. The van der Waals surface area contributed by atoms with Crippen LogP contribution in [0.1, 0.15) is 29.8 Å². The summed E-state index contributed by atoms with van der Waals surface area (Å²) < 4.78 is 0. The van der Waals surface area contributed by atoms with Gasteiger partial charge in [0.2, 0.25) is 5.78 Å². The zero-order valence-electron chi connectivity index (χ0n) is 7.89. The Morgan fingerprint density at radius 1 is 1.53 bits per heavy atom. The van der Waals surface area contributed by atoms with E-state index in [1.807, 2.05) is 6.92 Å². The van der Waals surface area contributed by atoms with Gasteiger partial charge in [-0.25, -0.2) is 0 Å². The van der Waals surface area contributed by atoms with E-state index in [0.29, 0.717) is 15.3 Å². The molecule has 0 unspecified atom stereocenters. The third kappa shape index (κ3) is 1.88. The molecule has 0 saturated carbocycles. The summed E-state index contributed by atoms with van der Waals surface area (Å²) in [7, 11) is 0. The Balaban J connectivity index is 2.41. The van der Waals surface area contributed by atoms with Crippen molar-refractivity contribution in [3.05, 3.63) is 38.0 Å². The van der Waals surface area contributed by atoms with E-state index in [1.54, 1.807) is 17.8 Å². The molecule has 0 amide bonds. The van der Waals surface area contributed by atoms with Crippen molar-refractivity contribution in [1.29, 1.82) is 0 Å². The van der Waals surface area contributed by atoms with Gasteiger partial charge in [0, 0.05) is 16.6 Å². The number of aromatic nitrogens is 1. The van der Waals surface area contributed by atoms with Gasteiger partial charge in [-0.3, -0.25) is 14.6 Å². The highest BCUT2D eigenvalue weighted by Gasteiger charge is 2.16. The number of nitrogens with zero attached hydrogens (tertiary/aromatic N) is 1. The molecule has 0 saturated heterocycles. The van der Waals surface area contributed by atoms with Gasteiger partial charge in [0.15, 0.2) is 6.29 Å². The van der Waals surface area contributed by atoms with Crippen molar-refractivity contribution in [2.75, 3.05) is 0 Å². The van der Waals surface area contributed by atoms with Crippen LogP contribution in [-0.4, -0.2) is 17.1 Å². The maximum absolute atomic E-state index is 11.9. The number of rotatable bonds is 3. The Hall–Kier alpha value is -1.33. The molecule has 2 heterocycles. The summed E-state index contributed by atoms with van der Waals surface area (Å²) in [6, 6.07) is 1.63. The first-order valence-electron chi connectivity index (χ1n) is 4.21. The van der Waals surface area contributed by atoms with Crippen molar-refractivity contribution in [1.82, 2.24) is 4.98 Å². The van der Waals surface area contributed by atoms with Crippen LogP contribution in [0, 0.1) is 6.92 Å². The minimum atomic E-state index is -0.0562. The molecule has 0 aromatic carbocycles. The van der Waals surface area contributed by atoms with Crippen LogP contribution in [0.3, 0.4) is 0 Å². The number of aryl methyl sites for hydroxylation is 1. The summed E-state index contributed by atoms with van der Waals surface area (Å²) in [5.41, 5.74) is 2.22. The second-order valence-corrected chi connectivity index (χ2v) is 5.11. The quantitative estimate of drug-likeness (QED) is 0.609. The van der Waals surface area contributed by atoms with Crippen molar-refractivity contribution < 1.29 is 9.59 Å². The number of thiophene rings is 1. The van der Waals surface area contributed by atoms with Gasteiger partial charge in [-0.15, -0.1) is 22.7 Å². The average molecular weight is 237 g/mol. The number of carbonyl (C=O) groups excluding carboxylic acids is 2. The maximum atomic E-state index is 11.9. The van der Waals surface area contributed by atoms with Gasteiger partial charge < -0.3 is 0 Å². The Labute approximate surface area is 94.4 Å². The summed E-state index contributed by atoms with van der Waals surface area (Å²) in [5.74, 6) is -0.0562. The van der Waals surface area contributed by atoms with Crippen LogP contribution in [0.5, 0.6) is 0 Å². The molecular formula is C10H7NO2S2. The maximum Gasteiger partial charge on any atom is 0.205 e. The lowest BCUT2D eigenvalue weighted by Gasteiger charge is -1.93. The third-order valence-corrected chi connectivity index (χ3v) is 3.70. The van der Waals surface area contributed by atoms with E-state index < -0.39 is 0 Å². The van der Waals surface area contributed by atoms with Crippen molar-refractivity contribution in [2.24, 2.45) is 0 Å². The highest BCUT2D eigenvalue weighted by molar-refractivity contribution is 7.14. The van der Waals surface area contributed by atoms with Crippen molar-refractivity contribution in [3.63, 3.8) is 0 Å². The van der Waals surface area contributed by atoms with Crippen LogP contribution >= 0.6 is 22.7 Å². The highest BCUT2D eigenvalue weighted by Crippen LogP contribution is 2.23. The topological polar surface area (TPSA) is 47.0 Å². The second-order valence-electron chi connectivity index (χ2n) is 2.93. The molecule has 0 aliphatic heterocycles. The molecule has 2 aromatic heterocycles. The smallest absolute Gasteiger partial charge is 0.205 e. The fraction of sp³-hybridized carbons (Fsp3) is 0.100. The van der Waals surface area contributed by atoms with E-state index in [0.717, 1.165) is 11.2 Å². The lowest BCUT2D eigenvalue weighted by atomic mass is 10.1. The van der Waals surface area contributed by atoms with Crippen LogP contribution in [0.4, 0.5) is 0 Å². The summed E-state index contributed by atoms with van der Waals surface area (Å²) in [5, 5.41) is 0. The molecule has 5 heteroatoms. The van der Waals surface area contributed by atoms with Crippen LogP contribution in [0.2, 0.25) is 0 Å². The SMILES string of the molecule is Cc1sc(C=O)cc1C(=O)c1cncs1. The highest BCUT2D eigenvalue weighted by atomic mass is 32.1. The van der Waals surface area contributed by atoms with Gasteiger partial charge >= 0.3 is 0 Å². The van der Waals surface area contributed by atoms with Crippen molar-refractivity contribution in [3.8, 4) is 0 Å². The molecule has 0 aliphatic rings. The molecule has 0 spiro atoms. The lowest BCUT2D eigenvalue weighted by molar-refractivity contribution is 0.104. The number of carbonyl (C=O) groups is 2. The molecule has 0 atom stereocenters. The van der Waals surface area contributed by atoms with Gasteiger partial charge in [0.05, 0.1) is 15.3 Å². The minimum Gasteiger partial charge on any atom is -0.297 e. The summed E-state index contributed by atoms with van der Waals surface area (Å²) in [4.78, 5) is 28.4. The normalized spacial score (nSPS) is 10.2. The predicted molar refractivity (Wildman–Crippen MR) is 60.0 cm³/mol. The molecule has 0 aliphatic carbocycles. The van der Waals surface area contributed by atoms with Gasteiger partial charge in [0.25, 0.3) is 0 Å². The van der Waals surface area contributed by atoms with Crippen LogP contribution in [-0.2, 0) is 0 Å². The number of thiazole rings is 1. The zero-order valence-corrected chi connectivity index (χ0v) is 9.52. The van der Waals surface area contributed by atoms with Crippen molar-refractivity contribution in [2.45, 2.75) is 6.92 Å². The fourth-order valence-corrected chi connectivity index (χ4v) is 2.66. The number of hydrogen-bond acceptors (Lipinski definition) is 5. The van der Waals surface area contributed by atoms with Crippen LogP contribution in [0.25, 0.3) is 0 Å². The van der Waals surface area contributed by atoms with Gasteiger partial charge in [-0.1, -0.05) is 0 Å². The molecule has 0 radical (unpaired) electrons. The molecule has 0 N–H and O–H groups in total. The molecular weight excluding hydrogens is 230 g/mol. The van der Waals surface area contributed by atoms with E-state index in [2.05, 4.69) is 4.98 Å². The first-order valence-corrected chi connectivity index (χ1v) is 5.91. The minimum absolute atomic E-state index is 0.0562. The van der Waals surface area contributed by atoms with Crippen molar-refractivity contribution >= 4 is 34.7 Å². The molecule has 2 aromatic rings. The molecule has 76 valence electrons. The number of aldehydes is 1. The van der Waals surface area contributed by atoms with E-state index in [9.17, 15) is 9.59 Å². The zero-order chi connectivity index (χ0) is 10.8. The first-order chi connectivity index (χ1) is 7.22.